The standard InChI is InChI=1S/C21H24N2O3S/c1-3-6-16-7-5-8-19(20(16)25-13-14-27-21(22)23)26-17-11-9-15(10-12-17)18(24)4-2/h3,5,7-12H,1,4,6,13-14H2,2H3,(H3,22,23). The molecule has 6 heteroatoms. The Morgan fingerprint density at radius 2 is 2.00 bits per heavy atom. The Morgan fingerprint density at radius 3 is 2.63 bits per heavy atom. The number of carbonyl (C=O) groups excluding carboxylic acids is 1. The van der Waals surface area contributed by atoms with Gasteiger partial charge in [-0.25, -0.2) is 0 Å². The van der Waals surface area contributed by atoms with Crippen LogP contribution < -0.4 is 15.2 Å². The third-order valence-corrected chi connectivity index (χ3v) is 4.42. The number of ether oxygens (including phenoxy) is 2. The van der Waals surface area contributed by atoms with E-state index < -0.39 is 0 Å². The Kier molecular flexibility index (Phi) is 7.95. The number of ketones is 1. The maximum absolute atomic E-state index is 11.8. The first-order valence-corrected chi connectivity index (χ1v) is 9.67. The summed E-state index contributed by atoms with van der Waals surface area (Å²) in [7, 11) is 0. The van der Waals surface area contributed by atoms with Gasteiger partial charge in [-0.1, -0.05) is 36.9 Å². The molecule has 2 aromatic carbocycles. The Bertz CT molecular complexity index is 804. The Morgan fingerprint density at radius 1 is 1.26 bits per heavy atom. The number of benzene rings is 2. The maximum Gasteiger partial charge on any atom is 0.169 e. The first kappa shape index (κ1) is 20.6. The predicted octanol–water partition coefficient (Wildman–Crippen LogP) is 4.81. The highest BCUT2D eigenvalue weighted by Gasteiger charge is 2.12. The summed E-state index contributed by atoms with van der Waals surface area (Å²) < 4.78 is 11.9. The van der Waals surface area contributed by atoms with E-state index in [0.717, 1.165) is 5.56 Å². The number of hydrogen-bond donors (Lipinski definition) is 2. The van der Waals surface area contributed by atoms with E-state index in [1.807, 2.05) is 25.1 Å². The van der Waals surface area contributed by atoms with E-state index in [9.17, 15) is 4.79 Å². The van der Waals surface area contributed by atoms with E-state index in [1.54, 1.807) is 30.3 Å². The van der Waals surface area contributed by atoms with Gasteiger partial charge in [-0.3, -0.25) is 10.2 Å². The molecule has 0 spiro atoms. The zero-order chi connectivity index (χ0) is 19.6. The number of hydrogen-bond acceptors (Lipinski definition) is 5. The van der Waals surface area contributed by atoms with Crippen LogP contribution >= 0.6 is 11.8 Å². The lowest BCUT2D eigenvalue weighted by atomic mass is 10.1. The highest BCUT2D eigenvalue weighted by atomic mass is 32.2. The highest BCUT2D eigenvalue weighted by Crippen LogP contribution is 2.35. The molecule has 27 heavy (non-hydrogen) atoms. The van der Waals surface area contributed by atoms with E-state index in [-0.39, 0.29) is 11.0 Å². The number of allylic oxidation sites excluding steroid dienone is 1. The molecule has 0 aliphatic heterocycles. The van der Waals surface area contributed by atoms with Gasteiger partial charge in [0.15, 0.2) is 22.4 Å². The predicted molar refractivity (Wildman–Crippen MR) is 111 cm³/mol. The SMILES string of the molecule is C=CCc1cccc(Oc2ccc(C(=O)CC)cc2)c1OCCSC(=N)N. The average molecular weight is 385 g/mol. The van der Waals surface area contributed by atoms with Crippen LogP contribution in [0.5, 0.6) is 17.2 Å². The van der Waals surface area contributed by atoms with E-state index in [4.69, 9.17) is 20.6 Å². The molecule has 0 aliphatic carbocycles. The van der Waals surface area contributed by atoms with Gasteiger partial charge in [0.25, 0.3) is 0 Å². The molecule has 0 fully saturated rings. The van der Waals surface area contributed by atoms with Crippen molar-refractivity contribution < 1.29 is 14.3 Å². The van der Waals surface area contributed by atoms with Crippen LogP contribution in [0.3, 0.4) is 0 Å². The van der Waals surface area contributed by atoms with Crippen molar-refractivity contribution in [1.29, 1.82) is 5.41 Å². The number of rotatable bonds is 10. The van der Waals surface area contributed by atoms with Crippen molar-refractivity contribution >= 4 is 22.7 Å². The van der Waals surface area contributed by atoms with Crippen molar-refractivity contribution in [3.8, 4) is 17.2 Å². The molecule has 5 nitrogen and oxygen atoms in total. The maximum atomic E-state index is 11.8. The van der Waals surface area contributed by atoms with Gasteiger partial charge in [-0.05, 0) is 36.8 Å². The summed E-state index contributed by atoms with van der Waals surface area (Å²) in [5.74, 6) is 2.54. The Hall–Kier alpha value is -2.73. The molecular weight excluding hydrogens is 360 g/mol. The van der Waals surface area contributed by atoms with Crippen molar-refractivity contribution in [3.63, 3.8) is 0 Å². The number of carbonyl (C=O) groups is 1. The van der Waals surface area contributed by atoms with E-state index >= 15 is 0 Å². The van der Waals surface area contributed by atoms with Crippen LogP contribution in [0.1, 0.15) is 29.3 Å². The molecule has 0 bridgehead atoms. The number of nitrogens with two attached hydrogens (primary N) is 1. The molecule has 0 heterocycles. The average Bonchev–Trinajstić information content (AvgIpc) is 2.67. The molecule has 0 aliphatic rings. The fraction of sp³-hybridized carbons (Fsp3) is 0.238. The molecule has 0 atom stereocenters. The number of thioether (sulfide) groups is 1. The fourth-order valence-corrected chi connectivity index (χ4v) is 2.84. The minimum Gasteiger partial charge on any atom is -0.488 e. The molecule has 0 amide bonds. The fourth-order valence-electron chi connectivity index (χ4n) is 2.46. The lowest BCUT2D eigenvalue weighted by Gasteiger charge is -2.16. The minimum atomic E-state index is 0.0659. The molecule has 0 aromatic heterocycles. The highest BCUT2D eigenvalue weighted by molar-refractivity contribution is 8.13. The molecule has 0 unspecified atom stereocenters. The van der Waals surface area contributed by atoms with Gasteiger partial charge in [0.05, 0.1) is 6.61 Å². The van der Waals surface area contributed by atoms with Crippen LogP contribution in [0.2, 0.25) is 0 Å². The summed E-state index contributed by atoms with van der Waals surface area (Å²) in [6.45, 7) is 6.03. The molecule has 142 valence electrons. The normalized spacial score (nSPS) is 10.3. The molecular formula is C21H24N2O3S. The van der Waals surface area contributed by atoms with Gasteiger partial charge < -0.3 is 15.2 Å². The van der Waals surface area contributed by atoms with Gasteiger partial charge in [0.1, 0.15) is 5.75 Å². The first-order valence-electron chi connectivity index (χ1n) is 8.68. The van der Waals surface area contributed by atoms with Gasteiger partial charge >= 0.3 is 0 Å². The number of Topliss-reactive ketones (excluding diaryl/α,β-unsaturated/α-hetero) is 1. The van der Waals surface area contributed by atoms with Crippen molar-refractivity contribution in [1.82, 2.24) is 0 Å². The summed E-state index contributed by atoms with van der Waals surface area (Å²) in [5, 5.41) is 7.33. The van der Waals surface area contributed by atoms with Crippen LogP contribution in [0.25, 0.3) is 0 Å². The second-order valence-corrected chi connectivity index (χ2v) is 6.84. The van der Waals surface area contributed by atoms with Crippen molar-refractivity contribution in [2.75, 3.05) is 12.4 Å². The zero-order valence-electron chi connectivity index (χ0n) is 15.4. The van der Waals surface area contributed by atoms with Gasteiger partial charge in [0.2, 0.25) is 0 Å². The second-order valence-electron chi connectivity index (χ2n) is 5.70. The zero-order valence-corrected chi connectivity index (χ0v) is 16.2. The van der Waals surface area contributed by atoms with Crippen LogP contribution in [-0.4, -0.2) is 23.3 Å². The molecule has 3 N–H and O–H groups in total. The quantitative estimate of drug-likeness (QED) is 0.202. The monoisotopic (exact) mass is 384 g/mol. The molecule has 0 saturated carbocycles. The van der Waals surface area contributed by atoms with Gasteiger partial charge in [-0.15, -0.1) is 6.58 Å². The molecule has 0 radical (unpaired) electrons. The minimum absolute atomic E-state index is 0.0659. The smallest absolute Gasteiger partial charge is 0.169 e. The number of para-hydroxylation sites is 1. The van der Waals surface area contributed by atoms with Crippen molar-refractivity contribution in [3.05, 3.63) is 66.2 Å². The van der Waals surface area contributed by atoms with Crippen LogP contribution in [-0.2, 0) is 6.42 Å². The van der Waals surface area contributed by atoms with Gasteiger partial charge in [-0.2, -0.15) is 0 Å². The summed E-state index contributed by atoms with van der Waals surface area (Å²) in [6, 6.07) is 12.8. The number of amidine groups is 1. The molecule has 0 saturated heterocycles. The van der Waals surface area contributed by atoms with E-state index in [0.29, 0.717) is 48.0 Å². The van der Waals surface area contributed by atoms with Crippen molar-refractivity contribution in [2.24, 2.45) is 5.73 Å². The van der Waals surface area contributed by atoms with Crippen molar-refractivity contribution in [2.45, 2.75) is 19.8 Å². The summed E-state index contributed by atoms with van der Waals surface area (Å²) in [5.41, 5.74) is 6.99. The Balaban J connectivity index is 2.18. The largest absolute Gasteiger partial charge is 0.488 e. The molecule has 2 rings (SSSR count). The van der Waals surface area contributed by atoms with E-state index in [2.05, 4.69) is 6.58 Å². The third kappa shape index (κ3) is 6.18. The summed E-state index contributed by atoms with van der Waals surface area (Å²) in [4.78, 5) is 11.8. The van der Waals surface area contributed by atoms with Crippen LogP contribution in [0, 0.1) is 5.41 Å². The summed E-state index contributed by atoms with van der Waals surface area (Å²) >= 11 is 1.23. The van der Waals surface area contributed by atoms with E-state index in [1.165, 1.54) is 11.8 Å². The second kappa shape index (κ2) is 10.4. The number of nitrogens with one attached hydrogen (secondary N) is 1. The topological polar surface area (TPSA) is 85.4 Å². The van der Waals surface area contributed by atoms with Crippen LogP contribution in [0.4, 0.5) is 0 Å². The molecule has 2 aromatic rings. The van der Waals surface area contributed by atoms with Crippen LogP contribution in [0.15, 0.2) is 55.1 Å². The Labute approximate surface area is 164 Å². The summed E-state index contributed by atoms with van der Waals surface area (Å²) in [6.07, 6.45) is 2.93. The lowest BCUT2D eigenvalue weighted by Crippen LogP contribution is -2.09. The first-order chi connectivity index (χ1) is 13.0. The third-order valence-electron chi connectivity index (χ3n) is 3.74. The lowest BCUT2D eigenvalue weighted by molar-refractivity contribution is 0.0988. The van der Waals surface area contributed by atoms with Gasteiger partial charge in [0, 0.05) is 23.3 Å².